The van der Waals surface area contributed by atoms with Crippen molar-refractivity contribution >= 4 is 55.7 Å². The quantitative estimate of drug-likeness (QED) is 0.127. The molecule has 0 unspecified atom stereocenters. The van der Waals surface area contributed by atoms with E-state index in [2.05, 4.69) is 356 Å². The van der Waals surface area contributed by atoms with E-state index >= 15 is 0 Å². The zero-order valence-corrected chi connectivity index (χ0v) is 53.6. The Labute approximate surface area is 542 Å². The molecule has 14 aromatic rings. The number of fused-ring (bicyclic) bond motifs is 8. The van der Waals surface area contributed by atoms with E-state index in [0.717, 1.165) is 22.7 Å². The van der Waals surface area contributed by atoms with Gasteiger partial charge in [-0.1, -0.05) is 258 Å². The van der Waals surface area contributed by atoms with Crippen LogP contribution in [0, 0.1) is 27.7 Å². The summed E-state index contributed by atoms with van der Waals surface area (Å²) in [5.41, 5.74) is 34.3. The van der Waals surface area contributed by atoms with Gasteiger partial charge in [-0.2, -0.15) is 0 Å². The zero-order chi connectivity index (χ0) is 62.6. The van der Waals surface area contributed by atoms with Gasteiger partial charge in [0.1, 0.15) is 0 Å². The van der Waals surface area contributed by atoms with Crippen molar-refractivity contribution in [1.29, 1.82) is 0 Å². The van der Waals surface area contributed by atoms with Gasteiger partial charge in [0.2, 0.25) is 0 Å². The van der Waals surface area contributed by atoms with E-state index in [-0.39, 0.29) is 10.8 Å². The molecule has 2 aliphatic carbocycles. The summed E-state index contributed by atoms with van der Waals surface area (Å²) in [5, 5.41) is 4.92. The Morgan fingerprint density at radius 2 is 0.543 bits per heavy atom. The molecule has 0 aliphatic heterocycles. The van der Waals surface area contributed by atoms with Gasteiger partial charge in [-0.05, 0) is 221 Å². The molecule has 0 saturated carbocycles. The normalized spacial score (nSPS) is 13.2. The molecule has 0 aromatic heterocycles. The molecule has 0 atom stereocenters. The number of hydrogen-bond acceptors (Lipinski definition) is 2. The van der Waals surface area contributed by atoms with Crippen LogP contribution in [0.3, 0.4) is 0 Å². The van der Waals surface area contributed by atoms with E-state index in [1.54, 1.807) is 0 Å². The van der Waals surface area contributed by atoms with E-state index in [0.29, 0.717) is 0 Å². The molecule has 0 spiro atoms. The summed E-state index contributed by atoms with van der Waals surface area (Å²) in [5.74, 6) is 0. The van der Waals surface area contributed by atoms with Gasteiger partial charge < -0.3 is 9.80 Å². The van der Waals surface area contributed by atoms with Crippen molar-refractivity contribution in [1.82, 2.24) is 0 Å². The lowest BCUT2D eigenvalue weighted by atomic mass is 9.81. The van der Waals surface area contributed by atoms with Crippen molar-refractivity contribution in [3.05, 3.63) is 336 Å². The molecule has 2 aliphatic rings. The number of nitrogens with zero attached hydrogens (tertiary/aromatic N) is 2. The maximum atomic E-state index is 2.51. The van der Waals surface area contributed by atoms with Gasteiger partial charge in [0.05, 0.1) is 11.4 Å². The number of para-hydroxylation sites is 2. The number of rotatable bonds is 11. The van der Waals surface area contributed by atoms with E-state index in [1.807, 2.05) is 0 Å². The number of aryl methyl sites for hydroxylation is 4. The molecule has 0 heterocycles. The number of hydrogen-bond donors (Lipinski definition) is 0. The van der Waals surface area contributed by atoms with Crippen molar-refractivity contribution < 1.29 is 0 Å². The minimum absolute atomic E-state index is 0.0831. The van der Waals surface area contributed by atoms with Crippen LogP contribution >= 0.6 is 0 Å². The van der Waals surface area contributed by atoms with Gasteiger partial charge in [-0.25, -0.2) is 0 Å². The fourth-order valence-electron chi connectivity index (χ4n) is 15.6. The van der Waals surface area contributed by atoms with Crippen LogP contribution in [-0.2, 0) is 10.8 Å². The van der Waals surface area contributed by atoms with E-state index in [4.69, 9.17) is 0 Å². The third-order valence-corrected chi connectivity index (χ3v) is 20.4. The first-order valence-electron chi connectivity index (χ1n) is 32.5. The predicted molar refractivity (Wildman–Crippen MR) is 392 cm³/mol. The van der Waals surface area contributed by atoms with E-state index in [1.165, 1.54) is 155 Å². The molecule has 2 nitrogen and oxygen atoms in total. The predicted octanol–water partition coefficient (Wildman–Crippen LogP) is 25.1. The van der Waals surface area contributed by atoms with Crippen molar-refractivity contribution in [2.75, 3.05) is 9.80 Å². The van der Waals surface area contributed by atoms with Crippen LogP contribution in [0.5, 0.6) is 0 Å². The molecular formula is C90H72N2. The molecule has 2 heteroatoms. The maximum Gasteiger partial charge on any atom is 0.0569 e. The van der Waals surface area contributed by atoms with Gasteiger partial charge in [0.15, 0.2) is 0 Å². The second kappa shape index (κ2) is 22.0. The summed E-state index contributed by atoms with van der Waals surface area (Å²) in [6.45, 7) is 18.5. The van der Waals surface area contributed by atoms with Crippen LogP contribution in [0.2, 0.25) is 0 Å². The van der Waals surface area contributed by atoms with Crippen molar-refractivity contribution in [3.8, 4) is 77.9 Å². The Hall–Kier alpha value is -10.8. The fraction of sp³-hybridized carbons (Fsp3) is 0.111. The highest BCUT2D eigenvalue weighted by molar-refractivity contribution is 6.04. The molecule has 442 valence electrons. The molecule has 0 bridgehead atoms. The van der Waals surface area contributed by atoms with Crippen LogP contribution < -0.4 is 9.80 Å². The minimum atomic E-state index is -0.0831. The molecule has 0 fully saturated rings. The molecule has 14 aromatic carbocycles. The largest absolute Gasteiger partial charge is 0.309 e. The Morgan fingerprint density at radius 1 is 0.228 bits per heavy atom. The lowest BCUT2D eigenvalue weighted by molar-refractivity contribution is 0.660. The Balaban J connectivity index is 0.797. The second-order valence-corrected chi connectivity index (χ2v) is 26.6. The summed E-state index contributed by atoms with van der Waals surface area (Å²) >= 11 is 0. The lowest BCUT2D eigenvalue weighted by Gasteiger charge is -2.32. The van der Waals surface area contributed by atoms with Crippen molar-refractivity contribution in [2.24, 2.45) is 0 Å². The smallest absolute Gasteiger partial charge is 0.0569 e. The number of benzene rings is 14. The summed E-state index contributed by atoms with van der Waals surface area (Å²) in [4.78, 5) is 5.02. The van der Waals surface area contributed by atoms with Crippen LogP contribution in [0.25, 0.3) is 99.4 Å². The average molecular weight is 1180 g/mol. The molecule has 0 N–H and O–H groups in total. The van der Waals surface area contributed by atoms with Gasteiger partial charge in [-0.15, -0.1) is 0 Å². The lowest BCUT2D eigenvalue weighted by Crippen LogP contribution is -2.15. The molecule has 0 radical (unpaired) electrons. The second-order valence-electron chi connectivity index (χ2n) is 26.6. The Morgan fingerprint density at radius 3 is 0.967 bits per heavy atom. The van der Waals surface area contributed by atoms with Gasteiger partial charge in [0, 0.05) is 44.7 Å². The molecule has 92 heavy (non-hydrogen) atoms. The Bertz CT molecular complexity index is 4930. The maximum absolute atomic E-state index is 2.51. The summed E-state index contributed by atoms with van der Waals surface area (Å²) in [7, 11) is 0. The first-order chi connectivity index (χ1) is 44.8. The third-order valence-electron chi connectivity index (χ3n) is 20.4. The summed E-state index contributed by atoms with van der Waals surface area (Å²) < 4.78 is 0. The first-order valence-corrected chi connectivity index (χ1v) is 32.5. The minimum Gasteiger partial charge on any atom is -0.309 e. The van der Waals surface area contributed by atoms with Crippen LogP contribution in [0.4, 0.5) is 34.1 Å². The van der Waals surface area contributed by atoms with Crippen LogP contribution in [0.1, 0.15) is 72.2 Å². The monoisotopic (exact) mass is 1180 g/mol. The average Bonchev–Trinajstić information content (AvgIpc) is 1.43. The Kier molecular flexibility index (Phi) is 13.5. The van der Waals surface area contributed by atoms with Gasteiger partial charge >= 0.3 is 0 Å². The molecular weight excluding hydrogens is 1110 g/mol. The standard InChI is InChI=1S/C90H72N2/c1-57-21-17-33-79(73-31-19-25-63-23-9-11-27-71(63)73)87(57)91(69-45-37-61(38-46-69)67-41-49-77-75-29-13-15-35-81(75)89(5,6)83(77)55-67)85-51-43-65(53-59(85)3)66-44-52-86(60(4)54-66)92(88-58(2)22-18-34-80(88)74-32-20-26-64-24-10-12-28-72(64)74)70-47-39-62(40-48-70)68-42-50-78-76-30-14-16-36-82(76)90(7,8)84(78)56-68/h9-56H,1-8H3. The highest BCUT2D eigenvalue weighted by Crippen LogP contribution is 2.53. The van der Waals surface area contributed by atoms with Gasteiger partial charge in [0.25, 0.3) is 0 Å². The van der Waals surface area contributed by atoms with Crippen molar-refractivity contribution in [3.63, 3.8) is 0 Å². The summed E-state index contributed by atoms with van der Waals surface area (Å²) in [6.07, 6.45) is 0. The topological polar surface area (TPSA) is 6.48 Å². The van der Waals surface area contributed by atoms with Gasteiger partial charge in [-0.3, -0.25) is 0 Å². The fourth-order valence-corrected chi connectivity index (χ4v) is 15.6. The molecule has 0 amide bonds. The zero-order valence-electron chi connectivity index (χ0n) is 53.6. The highest BCUT2D eigenvalue weighted by Gasteiger charge is 2.37. The molecule has 0 saturated heterocycles. The van der Waals surface area contributed by atoms with E-state index < -0.39 is 0 Å². The van der Waals surface area contributed by atoms with Crippen LogP contribution in [0.15, 0.2) is 291 Å². The van der Waals surface area contributed by atoms with Crippen LogP contribution in [-0.4, -0.2) is 0 Å². The highest BCUT2D eigenvalue weighted by atomic mass is 15.2. The number of anilines is 6. The van der Waals surface area contributed by atoms with Crippen molar-refractivity contribution in [2.45, 2.75) is 66.2 Å². The first kappa shape index (κ1) is 56.4. The SMILES string of the molecule is Cc1cc(-c2ccc(N(c3ccc(-c4ccc5c(c4)C(C)(C)c4ccccc4-5)cc3)c3c(C)cccc3-c3cccc4ccccc34)c(C)c2)ccc1N(c1ccc(-c2ccc3c(c2)C(C)(C)c2ccccc2-3)cc1)c1c(C)cccc1-c1cccc2ccccc12. The summed E-state index contributed by atoms with van der Waals surface area (Å²) in [6, 6.07) is 109. The molecule has 16 rings (SSSR count). The third kappa shape index (κ3) is 9.22. The van der Waals surface area contributed by atoms with E-state index in [9.17, 15) is 0 Å².